The van der Waals surface area contributed by atoms with Gasteiger partial charge in [-0.1, -0.05) is 45.1 Å². The van der Waals surface area contributed by atoms with Crippen LogP contribution < -0.4 is 0 Å². The Morgan fingerprint density at radius 3 is 2.31 bits per heavy atom. The lowest BCUT2D eigenvalue weighted by Crippen LogP contribution is -1.97. The summed E-state index contributed by atoms with van der Waals surface area (Å²) in [7, 11) is 0. The molecular formula is C15H26O. The molecule has 0 atom stereocenters. The summed E-state index contributed by atoms with van der Waals surface area (Å²) in [6.45, 7) is 8.33. The predicted molar refractivity (Wildman–Crippen MR) is 72.6 cm³/mol. The minimum atomic E-state index is 0.289. The fourth-order valence-electron chi connectivity index (χ4n) is 1.26. The molecule has 0 bridgehead atoms. The second-order valence-corrected chi connectivity index (χ2v) is 5.25. The molecule has 0 rings (SSSR count). The van der Waals surface area contributed by atoms with E-state index in [1.165, 1.54) is 0 Å². The second kappa shape index (κ2) is 8.20. The first-order valence-corrected chi connectivity index (χ1v) is 6.10. The number of rotatable bonds is 6. The molecule has 0 radical (unpaired) electrons. The van der Waals surface area contributed by atoms with Crippen LogP contribution in [0.2, 0.25) is 0 Å². The third-order valence-electron chi connectivity index (χ3n) is 2.07. The van der Waals surface area contributed by atoms with E-state index in [-0.39, 0.29) is 5.41 Å². The molecular weight excluding hydrogens is 196 g/mol. The van der Waals surface area contributed by atoms with Gasteiger partial charge in [0.2, 0.25) is 0 Å². The van der Waals surface area contributed by atoms with Crippen LogP contribution in [-0.2, 0) is 0 Å². The third-order valence-corrected chi connectivity index (χ3v) is 2.07. The van der Waals surface area contributed by atoms with Gasteiger partial charge in [0.25, 0.3) is 0 Å². The maximum absolute atomic E-state index is 8.94. The van der Waals surface area contributed by atoms with Crippen LogP contribution in [0.5, 0.6) is 0 Å². The van der Waals surface area contributed by atoms with E-state index >= 15 is 0 Å². The first kappa shape index (κ1) is 15.0. The lowest BCUT2D eigenvalue weighted by atomic mass is 9.96. The van der Waals surface area contributed by atoms with Crippen LogP contribution in [0.15, 0.2) is 36.1 Å². The van der Waals surface area contributed by atoms with Crippen LogP contribution >= 0.6 is 0 Å². The molecule has 1 heteroatoms. The van der Waals surface area contributed by atoms with E-state index in [0.29, 0.717) is 5.76 Å². The molecule has 16 heavy (non-hydrogen) atoms. The van der Waals surface area contributed by atoms with Crippen LogP contribution in [0.25, 0.3) is 0 Å². The smallest absolute Gasteiger partial charge is 0.0851 e. The Morgan fingerprint density at radius 1 is 1.06 bits per heavy atom. The summed E-state index contributed by atoms with van der Waals surface area (Å²) < 4.78 is 0. The molecule has 0 aromatic rings. The highest BCUT2D eigenvalue weighted by Gasteiger charge is 2.01. The van der Waals surface area contributed by atoms with E-state index in [2.05, 4.69) is 45.1 Å². The minimum Gasteiger partial charge on any atom is -0.513 e. The van der Waals surface area contributed by atoms with Crippen molar-refractivity contribution in [2.75, 3.05) is 0 Å². The van der Waals surface area contributed by atoms with Crippen molar-refractivity contribution >= 4 is 0 Å². The van der Waals surface area contributed by atoms with E-state index in [1.54, 1.807) is 6.92 Å². The summed E-state index contributed by atoms with van der Waals surface area (Å²) in [5.41, 5.74) is 0.289. The van der Waals surface area contributed by atoms with Crippen molar-refractivity contribution in [2.45, 2.75) is 53.4 Å². The van der Waals surface area contributed by atoms with Crippen molar-refractivity contribution in [1.82, 2.24) is 0 Å². The standard InChI is InChI=1S/C15H26O/c1-14(16)12-10-8-6-5-7-9-11-13-15(2,3)4/h5,7,11-13,16H,6,8-10H2,1-4H3. The highest BCUT2D eigenvalue weighted by atomic mass is 16.3. The van der Waals surface area contributed by atoms with Crippen molar-refractivity contribution in [2.24, 2.45) is 5.41 Å². The van der Waals surface area contributed by atoms with Gasteiger partial charge in [-0.25, -0.2) is 0 Å². The van der Waals surface area contributed by atoms with Crippen LogP contribution in [0, 0.1) is 5.41 Å². The topological polar surface area (TPSA) is 20.2 Å². The van der Waals surface area contributed by atoms with E-state index < -0.39 is 0 Å². The number of hydrogen-bond donors (Lipinski definition) is 1. The van der Waals surface area contributed by atoms with Gasteiger partial charge in [0.05, 0.1) is 5.76 Å². The van der Waals surface area contributed by atoms with Crippen molar-refractivity contribution in [3.05, 3.63) is 36.1 Å². The summed E-state index contributed by atoms with van der Waals surface area (Å²) in [5.74, 6) is 0.428. The number of hydrogen-bond acceptors (Lipinski definition) is 1. The Kier molecular flexibility index (Phi) is 7.70. The van der Waals surface area contributed by atoms with Gasteiger partial charge in [-0.15, -0.1) is 0 Å². The third kappa shape index (κ3) is 13.0. The zero-order valence-corrected chi connectivity index (χ0v) is 11.2. The van der Waals surface area contributed by atoms with E-state index in [0.717, 1.165) is 25.7 Å². The van der Waals surface area contributed by atoms with E-state index in [1.807, 2.05) is 6.08 Å². The molecule has 0 saturated heterocycles. The second-order valence-electron chi connectivity index (χ2n) is 5.25. The average molecular weight is 222 g/mol. The molecule has 92 valence electrons. The van der Waals surface area contributed by atoms with Gasteiger partial charge >= 0.3 is 0 Å². The molecule has 1 nitrogen and oxygen atoms in total. The predicted octanol–water partition coefficient (Wildman–Crippen LogP) is 5.17. The Hall–Kier alpha value is -0.980. The number of allylic oxidation sites excluding steroid dienone is 6. The van der Waals surface area contributed by atoms with Gasteiger partial charge in [-0.2, -0.15) is 0 Å². The molecule has 0 amide bonds. The maximum Gasteiger partial charge on any atom is 0.0851 e. The molecule has 1 N–H and O–H groups in total. The summed E-state index contributed by atoms with van der Waals surface area (Å²) in [5, 5.41) is 8.94. The van der Waals surface area contributed by atoms with Crippen molar-refractivity contribution in [3.8, 4) is 0 Å². The van der Waals surface area contributed by atoms with Gasteiger partial charge < -0.3 is 5.11 Å². The molecule has 0 spiro atoms. The van der Waals surface area contributed by atoms with Crippen molar-refractivity contribution in [1.29, 1.82) is 0 Å². The summed E-state index contributed by atoms with van der Waals surface area (Å²) in [4.78, 5) is 0. The molecule has 0 fully saturated rings. The molecule has 0 aromatic heterocycles. The summed E-state index contributed by atoms with van der Waals surface area (Å²) in [6.07, 6.45) is 14.9. The molecule has 0 aromatic carbocycles. The van der Waals surface area contributed by atoms with Gasteiger partial charge in [0.15, 0.2) is 0 Å². The van der Waals surface area contributed by atoms with Crippen molar-refractivity contribution in [3.63, 3.8) is 0 Å². The first-order chi connectivity index (χ1) is 7.42. The Morgan fingerprint density at radius 2 is 1.75 bits per heavy atom. The molecule has 0 aliphatic heterocycles. The van der Waals surface area contributed by atoms with Gasteiger partial charge in [0.1, 0.15) is 0 Å². The lowest BCUT2D eigenvalue weighted by Gasteiger charge is -2.10. The summed E-state index contributed by atoms with van der Waals surface area (Å²) in [6, 6.07) is 0. The summed E-state index contributed by atoms with van der Waals surface area (Å²) >= 11 is 0. The van der Waals surface area contributed by atoms with E-state index in [9.17, 15) is 0 Å². The SMILES string of the molecule is CC(O)=CCCCC=CCC=CC(C)(C)C. The highest BCUT2D eigenvalue weighted by molar-refractivity contribution is 4.97. The van der Waals surface area contributed by atoms with Crippen LogP contribution in [0.4, 0.5) is 0 Å². The zero-order valence-electron chi connectivity index (χ0n) is 11.2. The fourth-order valence-corrected chi connectivity index (χ4v) is 1.26. The molecule has 0 aliphatic rings. The lowest BCUT2D eigenvalue weighted by molar-refractivity contribution is 0.411. The van der Waals surface area contributed by atoms with Gasteiger partial charge in [-0.05, 0) is 44.1 Å². The highest BCUT2D eigenvalue weighted by Crippen LogP contribution is 2.14. The Labute approximate surface area is 101 Å². The molecule has 0 unspecified atom stereocenters. The minimum absolute atomic E-state index is 0.289. The van der Waals surface area contributed by atoms with Gasteiger partial charge in [-0.3, -0.25) is 0 Å². The Balaban J connectivity index is 3.50. The Bertz CT molecular complexity index is 247. The largest absolute Gasteiger partial charge is 0.513 e. The average Bonchev–Trinajstić information content (AvgIpc) is 2.13. The van der Waals surface area contributed by atoms with E-state index in [4.69, 9.17) is 5.11 Å². The molecule has 0 aliphatic carbocycles. The van der Waals surface area contributed by atoms with Crippen LogP contribution in [0.1, 0.15) is 53.4 Å². The molecule has 0 saturated carbocycles. The van der Waals surface area contributed by atoms with Crippen molar-refractivity contribution < 1.29 is 5.11 Å². The fraction of sp³-hybridized carbons (Fsp3) is 0.600. The molecule has 0 heterocycles. The van der Waals surface area contributed by atoms with Crippen LogP contribution in [0.3, 0.4) is 0 Å². The zero-order chi connectivity index (χ0) is 12.4. The van der Waals surface area contributed by atoms with Crippen LogP contribution in [-0.4, -0.2) is 5.11 Å². The number of unbranched alkanes of at least 4 members (excludes halogenated alkanes) is 2. The number of aliphatic hydroxyl groups is 1. The normalized spacial score (nSPS) is 14.1. The monoisotopic (exact) mass is 222 g/mol. The number of aliphatic hydroxyl groups excluding tert-OH is 1. The quantitative estimate of drug-likeness (QED) is 0.373. The first-order valence-electron chi connectivity index (χ1n) is 6.10. The van der Waals surface area contributed by atoms with Gasteiger partial charge in [0, 0.05) is 0 Å². The maximum atomic E-state index is 8.94.